The highest BCUT2D eigenvalue weighted by Gasteiger charge is 2.40. The van der Waals surface area contributed by atoms with Gasteiger partial charge in [0, 0.05) is 6.54 Å². The summed E-state index contributed by atoms with van der Waals surface area (Å²) in [6.07, 6.45) is 5.41. The zero-order chi connectivity index (χ0) is 11.0. The minimum Gasteiger partial charge on any atom is -0.356 e. The molecule has 0 atom stereocenters. The molecule has 0 spiro atoms. The van der Waals surface area contributed by atoms with Crippen molar-refractivity contribution in [3.8, 4) is 0 Å². The first-order valence-corrected chi connectivity index (χ1v) is 6.03. The molecule has 1 rings (SSSR count). The van der Waals surface area contributed by atoms with Gasteiger partial charge >= 0.3 is 0 Å². The van der Waals surface area contributed by atoms with E-state index in [0.29, 0.717) is 5.91 Å². The Morgan fingerprint density at radius 1 is 1.21 bits per heavy atom. The van der Waals surface area contributed by atoms with Crippen LogP contribution in [0.2, 0.25) is 0 Å². The molecule has 1 aliphatic rings. The number of amides is 1. The molecular formula is C12H25NO. The second-order valence-corrected chi connectivity index (χ2v) is 3.79. The zero-order valence-corrected chi connectivity index (χ0v) is 10.2. The predicted molar refractivity (Wildman–Crippen MR) is 61.2 cm³/mol. The Labute approximate surface area is 88.5 Å². The summed E-state index contributed by atoms with van der Waals surface area (Å²) >= 11 is 0. The molecule has 0 aliphatic carbocycles. The van der Waals surface area contributed by atoms with Gasteiger partial charge in [0.1, 0.15) is 0 Å². The molecule has 0 saturated carbocycles. The quantitative estimate of drug-likeness (QED) is 0.740. The molecule has 0 unspecified atom stereocenters. The van der Waals surface area contributed by atoms with E-state index in [1.165, 1.54) is 0 Å². The summed E-state index contributed by atoms with van der Waals surface area (Å²) in [6, 6.07) is 0. The van der Waals surface area contributed by atoms with E-state index in [-0.39, 0.29) is 5.41 Å². The molecule has 1 heterocycles. The third-order valence-corrected chi connectivity index (χ3v) is 2.83. The summed E-state index contributed by atoms with van der Waals surface area (Å²) in [6.45, 7) is 9.20. The number of hydrogen-bond acceptors (Lipinski definition) is 1. The maximum Gasteiger partial charge on any atom is 0.226 e. The Hall–Kier alpha value is -0.530. The molecule has 84 valence electrons. The Morgan fingerprint density at radius 3 is 2.00 bits per heavy atom. The molecule has 2 nitrogen and oxygen atoms in total. The van der Waals surface area contributed by atoms with Crippen LogP contribution in [0.1, 0.15) is 59.8 Å². The fraction of sp³-hybridized carbons (Fsp3) is 0.917. The second-order valence-electron chi connectivity index (χ2n) is 3.79. The van der Waals surface area contributed by atoms with Crippen molar-refractivity contribution in [1.82, 2.24) is 5.32 Å². The Morgan fingerprint density at radius 2 is 1.71 bits per heavy atom. The van der Waals surface area contributed by atoms with E-state index < -0.39 is 0 Å². The van der Waals surface area contributed by atoms with Crippen LogP contribution in [-0.2, 0) is 4.79 Å². The molecule has 0 aromatic carbocycles. The lowest BCUT2D eigenvalue weighted by molar-refractivity contribution is -0.128. The predicted octanol–water partition coefficient (Wildman–Crippen LogP) is 3.12. The molecule has 1 fully saturated rings. The van der Waals surface area contributed by atoms with Gasteiger partial charge in [-0.1, -0.05) is 40.5 Å². The van der Waals surface area contributed by atoms with Crippen molar-refractivity contribution in [3.63, 3.8) is 0 Å². The number of carbonyl (C=O) groups is 1. The normalized spacial score (nSPS) is 18.4. The van der Waals surface area contributed by atoms with Gasteiger partial charge in [-0.15, -0.1) is 0 Å². The maximum absolute atomic E-state index is 11.6. The summed E-state index contributed by atoms with van der Waals surface area (Å²) in [5.41, 5.74) is 0.00347. The summed E-state index contributed by atoms with van der Waals surface area (Å²) < 4.78 is 0. The second kappa shape index (κ2) is 6.86. The first kappa shape index (κ1) is 13.5. The summed E-state index contributed by atoms with van der Waals surface area (Å²) in [5.74, 6) is 0.297. The van der Waals surface area contributed by atoms with Crippen molar-refractivity contribution in [3.05, 3.63) is 0 Å². The van der Waals surface area contributed by atoms with Gasteiger partial charge in [0.2, 0.25) is 5.91 Å². The summed E-state index contributed by atoms with van der Waals surface area (Å²) in [5, 5.41) is 2.94. The smallest absolute Gasteiger partial charge is 0.226 e. The average molecular weight is 199 g/mol. The lowest BCUT2D eigenvalue weighted by Crippen LogP contribution is -2.30. The number of rotatable bonds is 4. The van der Waals surface area contributed by atoms with E-state index in [9.17, 15) is 4.79 Å². The summed E-state index contributed by atoms with van der Waals surface area (Å²) in [4.78, 5) is 11.6. The molecule has 0 aromatic rings. The van der Waals surface area contributed by atoms with E-state index in [2.05, 4.69) is 19.2 Å². The van der Waals surface area contributed by atoms with Crippen LogP contribution in [0.25, 0.3) is 0 Å². The van der Waals surface area contributed by atoms with Crippen LogP contribution in [0, 0.1) is 5.41 Å². The van der Waals surface area contributed by atoms with Gasteiger partial charge in [-0.25, -0.2) is 0 Å². The van der Waals surface area contributed by atoms with Crippen LogP contribution in [0.4, 0.5) is 0 Å². The van der Waals surface area contributed by atoms with Crippen LogP contribution in [-0.4, -0.2) is 12.5 Å². The molecule has 0 radical (unpaired) electrons. The minimum absolute atomic E-state index is 0.00347. The molecule has 14 heavy (non-hydrogen) atoms. The average Bonchev–Trinajstić information content (AvgIpc) is 2.53. The SMILES string of the molecule is CC.CCCC1(CCC)CCNC1=O. The Bertz CT molecular complexity index is 160. The van der Waals surface area contributed by atoms with E-state index in [1.54, 1.807) is 0 Å². The van der Waals surface area contributed by atoms with E-state index in [0.717, 1.165) is 38.6 Å². The largest absolute Gasteiger partial charge is 0.356 e. The van der Waals surface area contributed by atoms with E-state index in [4.69, 9.17) is 0 Å². The van der Waals surface area contributed by atoms with Gasteiger partial charge in [0.25, 0.3) is 0 Å². The van der Waals surface area contributed by atoms with Gasteiger partial charge in [0.05, 0.1) is 5.41 Å². The third kappa shape index (κ3) is 3.00. The summed E-state index contributed by atoms with van der Waals surface area (Å²) in [7, 11) is 0. The van der Waals surface area contributed by atoms with Crippen LogP contribution in [0.5, 0.6) is 0 Å². The highest BCUT2D eigenvalue weighted by atomic mass is 16.2. The van der Waals surface area contributed by atoms with Crippen LogP contribution in [0.3, 0.4) is 0 Å². The third-order valence-electron chi connectivity index (χ3n) is 2.83. The van der Waals surface area contributed by atoms with Crippen molar-refractivity contribution < 1.29 is 4.79 Å². The molecular weight excluding hydrogens is 174 g/mol. The molecule has 1 saturated heterocycles. The standard InChI is InChI=1S/C10H19NO.C2H6/c1-3-5-10(6-4-2)7-8-11-9(10)12;1-2/h3-8H2,1-2H3,(H,11,12);1-2H3. The minimum atomic E-state index is 0.00347. The van der Waals surface area contributed by atoms with Crippen molar-refractivity contribution in [2.45, 2.75) is 59.8 Å². The van der Waals surface area contributed by atoms with Crippen molar-refractivity contribution >= 4 is 5.91 Å². The number of hydrogen-bond donors (Lipinski definition) is 1. The van der Waals surface area contributed by atoms with Crippen LogP contribution >= 0.6 is 0 Å². The van der Waals surface area contributed by atoms with Gasteiger partial charge in [-0.05, 0) is 19.3 Å². The zero-order valence-electron chi connectivity index (χ0n) is 10.2. The first-order valence-electron chi connectivity index (χ1n) is 6.03. The fourth-order valence-corrected chi connectivity index (χ4v) is 2.28. The molecule has 1 aliphatic heterocycles. The van der Waals surface area contributed by atoms with Gasteiger partial charge in [-0.3, -0.25) is 4.79 Å². The highest BCUT2D eigenvalue weighted by Crippen LogP contribution is 2.36. The van der Waals surface area contributed by atoms with Gasteiger partial charge in [-0.2, -0.15) is 0 Å². The topological polar surface area (TPSA) is 29.1 Å². The van der Waals surface area contributed by atoms with Crippen molar-refractivity contribution in [1.29, 1.82) is 0 Å². The molecule has 1 N–H and O–H groups in total. The molecule has 1 amide bonds. The highest BCUT2D eigenvalue weighted by molar-refractivity contribution is 5.84. The Kier molecular flexibility index (Phi) is 6.60. The fourth-order valence-electron chi connectivity index (χ4n) is 2.28. The van der Waals surface area contributed by atoms with Crippen molar-refractivity contribution in [2.24, 2.45) is 5.41 Å². The maximum atomic E-state index is 11.6. The number of carbonyl (C=O) groups excluding carboxylic acids is 1. The molecule has 2 heteroatoms. The van der Waals surface area contributed by atoms with Crippen LogP contribution < -0.4 is 5.32 Å². The van der Waals surface area contributed by atoms with Gasteiger partial charge < -0.3 is 5.32 Å². The van der Waals surface area contributed by atoms with Gasteiger partial charge in [0.15, 0.2) is 0 Å². The van der Waals surface area contributed by atoms with Crippen molar-refractivity contribution in [2.75, 3.05) is 6.54 Å². The molecule has 0 bridgehead atoms. The van der Waals surface area contributed by atoms with Crippen LogP contribution in [0.15, 0.2) is 0 Å². The first-order chi connectivity index (χ1) is 6.75. The molecule has 0 aromatic heterocycles. The lowest BCUT2D eigenvalue weighted by atomic mass is 9.78. The lowest BCUT2D eigenvalue weighted by Gasteiger charge is -2.24. The monoisotopic (exact) mass is 199 g/mol. The number of nitrogens with one attached hydrogen (secondary N) is 1. The van der Waals surface area contributed by atoms with E-state index >= 15 is 0 Å². The Balaban J connectivity index is 0.000000791. The van der Waals surface area contributed by atoms with E-state index in [1.807, 2.05) is 13.8 Å².